The number of fused-ring (bicyclic) bond motifs is 4. The van der Waals surface area contributed by atoms with Crippen LogP contribution < -0.4 is 16.4 Å². The maximum atomic E-state index is 13.2. The molecule has 4 bridgehead atoms. The molecule has 4 amide bonds. The van der Waals surface area contributed by atoms with Gasteiger partial charge in [0, 0.05) is 97.4 Å². The van der Waals surface area contributed by atoms with Gasteiger partial charge < -0.3 is 26.2 Å². The lowest BCUT2D eigenvalue weighted by atomic mass is 10.1. The molecule has 14 heteroatoms. The molecule has 62 heavy (non-hydrogen) atoms. The van der Waals surface area contributed by atoms with Gasteiger partial charge in [0.25, 0.3) is 0 Å². The highest BCUT2D eigenvalue weighted by Crippen LogP contribution is 2.33. The van der Waals surface area contributed by atoms with E-state index < -0.39 is 0 Å². The summed E-state index contributed by atoms with van der Waals surface area (Å²) in [5.74, 6) is -0.429. The Morgan fingerprint density at radius 3 is 1.50 bits per heavy atom. The lowest BCUT2D eigenvalue weighted by molar-refractivity contribution is -0.132. The third-order valence-corrected chi connectivity index (χ3v) is 12.8. The molecule has 4 aromatic carbocycles. The van der Waals surface area contributed by atoms with Gasteiger partial charge in [-0.2, -0.15) is 0 Å². The molecule has 4 unspecified atom stereocenters. The van der Waals surface area contributed by atoms with Gasteiger partial charge in [-0.1, -0.05) is 59.6 Å². The van der Waals surface area contributed by atoms with E-state index in [1.54, 1.807) is 54.6 Å². The zero-order chi connectivity index (χ0) is 43.3. The molecule has 1 saturated carbocycles. The Kier molecular flexibility index (Phi) is 13.6. The van der Waals surface area contributed by atoms with Crippen molar-refractivity contribution in [3.05, 3.63) is 141 Å². The molecule has 0 radical (unpaired) electrons. The van der Waals surface area contributed by atoms with Crippen LogP contribution in [0.15, 0.2) is 97.1 Å². The highest BCUT2D eigenvalue weighted by atomic mass is 35.5. The summed E-state index contributed by atoms with van der Waals surface area (Å²) in [6, 6.07) is 24.5. The number of amides is 4. The molecule has 4 saturated heterocycles. The average Bonchev–Trinajstić information content (AvgIpc) is 3.96. The van der Waals surface area contributed by atoms with Gasteiger partial charge in [0.15, 0.2) is 0 Å². The molecule has 5 aliphatic rings. The fourth-order valence-electron chi connectivity index (χ4n) is 9.20. The fourth-order valence-corrected chi connectivity index (χ4v) is 9.55. The van der Waals surface area contributed by atoms with E-state index in [9.17, 15) is 23.2 Å². The number of halogens is 4. The molecule has 4 heterocycles. The Morgan fingerprint density at radius 1 is 0.613 bits per heavy atom. The Bertz CT molecular complexity index is 2300. The number of likely N-dealkylation sites (tertiary alicyclic amines) is 2. The first kappa shape index (κ1) is 43.4. The second-order valence-electron chi connectivity index (χ2n) is 16.9. The van der Waals surface area contributed by atoms with Crippen molar-refractivity contribution in [1.82, 2.24) is 24.9 Å². The number of rotatable bonds is 10. The molecular weight excluding hydrogens is 831 g/mol. The number of anilines is 2. The molecule has 0 aromatic heterocycles. The van der Waals surface area contributed by atoms with Gasteiger partial charge in [0.05, 0.1) is 5.69 Å². The number of nitrogens with zero attached hydrogens (tertiary/aromatic N) is 4. The van der Waals surface area contributed by atoms with Crippen LogP contribution in [0.2, 0.25) is 10.0 Å². The first-order valence-electron chi connectivity index (χ1n) is 21.3. The first-order chi connectivity index (χ1) is 29.9. The zero-order valence-corrected chi connectivity index (χ0v) is 35.9. The van der Waals surface area contributed by atoms with Gasteiger partial charge in [0.1, 0.15) is 11.6 Å². The van der Waals surface area contributed by atoms with Gasteiger partial charge in [0.2, 0.25) is 11.8 Å². The van der Waals surface area contributed by atoms with Crippen LogP contribution in [0.3, 0.4) is 0 Å². The molecule has 4 aromatic rings. The summed E-state index contributed by atoms with van der Waals surface area (Å²) < 4.78 is 26.3. The molecular formula is C48H51Cl2F2N7O3. The molecule has 4 aliphatic heterocycles. The third-order valence-electron chi connectivity index (χ3n) is 12.3. The van der Waals surface area contributed by atoms with Crippen LogP contribution in [-0.4, -0.2) is 93.8 Å². The van der Waals surface area contributed by atoms with Crippen LogP contribution in [0.4, 0.5) is 25.0 Å². The van der Waals surface area contributed by atoms with E-state index in [-0.39, 0.29) is 59.7 Å². The summed E-state index contributed by atoms with van der Waals surface area (Å²) in [7, 11) is 0. The number of piperazine rings is 2. The van der Waals surface area contributed by atoms with E-state index >= 15 is 0 Å². The summed E-state index contributed by atoms with van der Waals surface area (Å²) in [5, 5.41) is 6.84. The number of nitrogens with two attached hydrogens (primary N) is 1. The highest BCUT2D eigenvalue weighted by molar-refractivity contribution is 6.31. The summed E-state index contributed by atoms with van der Waals surface area (Å²) in [6.45, 7) is 4.85. The van der Waals surface area contributed by atoms with Crippen molar-refractivity contribution >= 4 is 64.6 Å². The maximum absolute atomic E-state index is 13.2. The Hall–Kier alpha value is -5.27. The van der Waals surface area contributed by atoms with Crippen molar-refractivity contribution in [1.29, 1.82) is 0 Å². The number of urea groups is 1. The summed E-state index contributed by atoms with van der Waals surface area (Å²) in [4.78, 5) is 46.9. The van der Waals surface area contributed by atoms with Gasteiger partial charge in [-0.05, 0) is 121 Å². The number of hydrogen-bond acceptors (Lipinski definition) is 6. The van der Waals surface area contributed by atoms with E-state index in [2.05, 4.69) is 20.4 Å². The maximum Gasteiger partial charge on any atom is 0.319 e. The molecule has 4 N–H and O–H groups in total. The average molecular weight is 883 g/mol. The molecule has 5 fully saturated rings. The van der Waals surface area contributed by atoms with Crippen molar-refractivity contribution in [3.63, 3.8) is 0 Å². The van der Waals surface area contributed by atoms with Crippen LogP contribution in [0, 0.1) is 11.6 Å². The number of carbonyl (C=O) groups is 3. The predicted molar refractivity (Wildman–Crippen MR) is 241 cm³/mol. The van der Waals surface area contributed by atoms with Crippen LogP contribution in [-0.2, 0) is 22.7 Å². The molecule has 10 nitrogen and oxygen atoms in total. The molecule has 0 spiro atoms. The number of nitrogen functional groups attached to an aromatic ring is 1. The lowest BCUT2D eigenvalue weighted by Gasteiger charge is -2.40. The summed E-state index contributed by atoms with van der Waals surface area (Å²) in [5.41, 5.74) is 10.8. The quantitative estimate of drug-likeness (QED) is 0.109. The van der Waals surface area contributed by atoms with Gasteiger partial charge in [-0.25, -0.2) is 13.6 Å². The van der Waals surface area contributed by atoms with Crippen molar-refractivity contribution in [2.24, 2.45) is 0 Å². The normalized spacial score (nSPS) is 22.2. The largest absolute Gasteiger partial charge is 0.398 e. The van der Waals surface area contributed by atoms with Crippen LogP contribution >= 0.6 is 23.2 Å². The van der Waals surface area contributed by atoms with E-state index in [1.165, 1.54) is 24.3 Å². The lowest BCUT2D eigenvalue weighted by Crippen LogP contribution is -2.55. The second-order valence-corrected chi connectivity index (χ2v) is 17.8. The van der Waals surface area contributed by atoms with Crippen molar-refractivity contribution in [3.8, 4) is 0 Å². The number of nitrogens with one attached hydrogen (secondary N) is 2. The number of carbonyl (C=O) groups excluding carboxylic acids is 3. The monoisotopic (exact) mass is 881 g/mol. The Balaban J connectivity index is 0.000000174. The van der Waals surface area contributed by atoms with Gasteiger partial charge >= 0.3 is 6.03 Å². The minimum absolute atomic E-state index is 0.0164. The van der Waals surface area contributed by atoms with E-state index in [0.717, 1.165) is 100 Å². The number of benzene rings is 4. The molecule has 1 aliphatic carbocycles. The van der Waals surface area contributed by atoms with Crippen molar-refractivity contribution < 1.29 is 23.2 Å². The molecule has 324 valence electrons. The second kappa shape index (κ2) is 19.4. The number of hydrogen-bond donors (Lipinski definition) is 3. The Labute approximate surface area is 371 Å². The van der Waals surface area contributed by atoms with E-state index in [4.69, 9.17) is 28.9 Å². The highest BCUT2D eigenvalue weighted by Gasteiger charge is 2.43. The van der Waals surface area contributed by atoms with Crippen LogP contribution in [0.25, 0.3) is 12.2 Å². The predicted octanol–water partition coefficient (Wildman–Crippen LogP) is 8.60. The molecule has 9 rings (SSSR count). The van der Waals surface area contributed by atoms with Gasteiger partial charge in [-0.15, -0.1) is 0 Å². The van der Waals surface area contributed by atoms with E-state index in [0.29, 0.717) is 21.4 Å². The van der Waals surface area contributed by atoms with E-state index in [1.807, 2.05) is 40.1 Å². The molecule has 4 atom stereocenters. The smallest absolute Gasteiger partial charge is 0.319 e. The topological polar surface area (TPSA) is 114 Å². The zero-order valence-electron chi connectivity index (χ0n) is 34.4. The minimum Gasteiger partial charge on any atom is -0.398 e. The van der Waals surface area contributed by atoms with Gasteiger partial charge in [-0.3, -0.25) is 19.4 Å². The third kappa shape index (κ3) is 11.0. The van der Waals surface area contributed by atoms with Crippen molar-refractivity contribution in [2.45, 2.75) is 81.8 Å². The standard InChI is InChI=1S/C26H28ClFN4O2.C22H23ClFN3O/c27-19-5-3-18(24(13-19)30-26(34)29-21-8-9-21)4-12-25(33)32-22-10-11-23(32)16-31(15-22)14-17-1-6-20(28)7-2-17;23-17-5-3-16(21(25)11-17)4-10-22(28)27-19-8-9-20(27)14-26(13-19)12-15-1-6-18(24)7-2-15/h1-7,12-13,21-23H,8-11,14-16H2,(H2,29,30,34);1-7,10-11,19-20H,8-9,12-14,25H2/b12-4+;10-4+. The summed E-state index contributed by atoms with van der Waals surface area (Å²) in [6.07, 6.45) is 12.7. The summed E-state index contributed by atoms with van der Waals surface area (Å²) >= 11 is 12.1. The Morgan fingerprint density at radius 2 is 1.05 bits per heavy atom. The van der Waals surface area contributed by atoms with Crippen LogP contribution in [0.1, 0.15) is 60.8 Å². The first-order valence-corrected chi connectivity index (χ1v) is 22.1. The van der Waals surface area contributed by atoms with Crippen LogP contribution in [0.5, 0.6) is 0 Å². The SMILES string of the molecule is Nc1cc(Cl)ccc1/C=C/C(=O)N1C2CCC1CN(Cc1ccc(F)cc1)C2.O=C(Nc1cc(Cl)ccc1/C=C/C(=O)N1C2CCC1CN(Cc1ccc(F)cc1)C2)NC1CC1. The minimum atomic E-state index is -0.263. The fraction of sp³-hybridized carbons (Fsp3) is 0.354. The van der Waals surface area contributed by atoms with Crippen molar-refractivity contribution in [2.75, 3.05) is 37.2 Å².